The zero-order chi connectivity index (χ0) is 13.0. The lowest BCUT2D eigenvalue weighted by molar-refractivity contribution is 0.205. The molecular formula is C16H26N2. The lowest BCUT2D eigenvalue weighted by Gasteiger charge is -2.29. The van der Waals surface area contributed by atoms with E-state index < -0.39 is 0 Å². The van der Waals surface area contributed by atoms with E-state index >= 15 is 0 Å². The molecule has 0 aliphatic carbocycles. The van der Waals surface area contributed by atoms with Crippen LogP contribution >= 0.6 is 0 Å². The maximum Gasteiger partial charge on any atom is 0.0375 e. The monoisotopic (exact) mass is 246 g/mol. The van der Waals surface area contributed by atoms with Gasteiger partial charge in [0.15, 0.2) is 0 Å². The number of fused-ring (bicyclic) bond motifs is 1. The van der Waals surface area contributed by atoms with Crippen molar-refractivity contribution in [2.45, 2.75) is 52.6 Å². The summed E-state index contributed by atoms with van der Waals surface area (Å²) in [5, 5.41) is 3.52. The van der Waals surface area contributed by atoms with Crippen molar-refractivity contribution in [3.8, 4) is 0 Å². The van der Waals surface area contributed by atoms with E-state index in [1.807, 2.05) is 0 Å². The zero-order valence-electron chi connectivity index (χ0n) is 12.0. The van der Waals surface area contributed by atoms with E-state index in [0.717, 1.165) is 19.6 Å². The van der Waals surface area contributed by atoms with Crippen molar-refractivity contribution < 1.29 is 0 Å². The highest BCUT2D eigenvalue weighted by Crippen LogP contribution is 2.26. The van der Waals surface area contributed by atoms with Crippen LogP contribution in [0.4, 0.5) is 5.69 Å². The fourth-order valence-electron chi connectivity index (χ4n) is 2.79. The highest BCUT2D eigenvalue weighted by atomic mass is 15.1. The Morgan fingerprint density at radius 3 is 2.89 bits per heavy atom. The van der Waals surface area contributed by atoms with E-state index in [-0.39, 0.29) is 0 Å². The molecule has 2 heteroatoms. The Balaban J connectivity index is 2.18. The van der Waals surface area contributed by atoms with E-state index in [1.165, 1.54) is 30.5 Å². The molecule has 2 nitrogen and oxygen atoms in total. The standard InChI is InChI=1S/C16H26N2/c1-4-13(3)18(5-2)12-14-8-6-10-16-15(14)9-7-11-17-16/h6,8,10,13,17H,4-5,7,9,11-12H2,1-3H3. The molecular weight excluding hydrogens is 220 g/mol. The third kappa shape index (κ3) is 2.86. The van der Waals surface area contributed by atoms with Crippen LogP contribution in [0.3, 0.4) is 0 Å². The smallest absolute Gasteiger partial charge is 0.0375 e. The predicted molar refractivity (Wildman–Crippen MR) is 79.1 cm³/mol. The lowest BCUT2D eigenvalue weighted by Crippen LogP contribution is -2.32. The van der Waals surface area contributed by atoms with E-state index in [1.54, 1.807) is 5.56 Å². The van der Waals surface area contributed by atoms with Gasteiger partial charge in [0.25, 0.3) is 0 Å². The minimum atomic E-state index is 0.669. The largest absolute Gasteiger partial charge is 0.385 e. The second-order valence-electron chi connectivity index (χ2n) is 5.29. The summed E-state index contributed by atoms with van der Waals surface area (Å²) in [6.45, 7) is 10.2. The summed E-state index contributed by atoms with van der Waals surface area (Å²) in [5.74, 6) is 0. The number of anilines is 1. The number of rotatable bonds is 5. The highest BCUT2D eigenvalue weighted by Gasteiger charge is 2.16. The summed E-state index contributed by atoms with van der Waals surface area (Å²) in [4.78, 5) is 2.57. The quantitative estimate of drug-likeness (QED) is 0.853. The van der Waals surface area contributed by atoms with Crippen LogP contribution in [-0.4, -0.2) is 24.0 Å². The SMILES string of the molecule is CCC(C)N(CC)Cc1cccc2c1CCCN2. The van der Waals surface area contributed by atoms with Gasteiger partial charge in [0.2, 0.25) is 0 Å². The molecule has 1 aromatic carbocycles. The molecule has 1 N–H and O–H groups in total. The maximum atomic E-state index is 3.52. The Kier molecular flexibility index (Phi) is 4.65. The van der Waals surface area contributed by atoms with Gasteiger partial charge in [-0.15, -0.1) is 0 Å². The molecule has 1 aromatic rings. The Bertz CT molecular complexity index is 387. The Morgan fingerprint density at radius 1 is 1.33 bits per heavy atom. The molecule has 1 atom stereocenters. The van der Waals surface area contributed by atoms with Gasteiger partial charge in [-0.1, -0.05) is 26.0 Å². The van der Waals surface area contributed by atoms with E-state index in [2.05, 4.69) is 49.2 Å². The first-order chi connectivity index (χ1) is 8.76. The topological polar surface area (TPSA) is 15.3 Å². The molecule has 1 unspecified atom stereocenters. The second kappa shape index (κ2) is 6.24. The van der Waals surface area contributed by atoms with Crippen molar-refractivity contribution >= 4 is 5.69 Å². The summed E-state index contributed by atoms with van der Waals surface area (Å²) in [7, 11) is 0. The molecule has 1 aliphatic heterocycles. The van der Waals surface area contributed by atoms with Gasteiger partial charge in [-0.3, -0.25) is 4.90 Å². The van der Waals surface area contributed by atoms with Crippen molar-refractivity contribution in [1.82, 2.24) is 4.90 Å². The van der Waals surface area contributed by atoms with Gasteiger partial charge in [-0.25, -0.2) is 0 Å². The summed E-state index contributed by atoms with van der Waals surface area (Å²) in [5.41, 5.74) is 4.42. The summed E-state index contributed by atoms with van der Waals surface area (Å²) in [6, 6.07) is 7.38. The van der Waals surface area contributed by atoms with Crippen molar-refractivity contribution in [1.29, 1.82) is 0 Å². The molecule has 0 radical (unpaired) electrons. The molecule has 0 amide bonds. The van der Waals surface area contributed by atoms with Crippen molar-refractivity contribution in [2.24, 2.45) is 0 Å². The van der Waals surface area contributed by atoms with Gasteiger partial charge in [-0.05, 0) is 49.9 Å². The highest BCUT2D eigenvalue weighted by molar-refractivity contribution is 5.56. The number of nitrogens with zero attached hydrogens (tertiary/aromatic N) is 1. The molecule has 18 heavy (non-hydrogen) atoms. The van der Waals surface area contributed by atoms with Gasteiger partial charge in [-0.2, -0.15) is 0 Å². The number of hydrogen-bond acceptors (Lipinski definition) is 2. The predicted octanol–water partition coefficient (Wildman–Crippen LogP) is 3.67. The minimum Gasteiger partial charge on any atom is -0.385 e. The van der Waals surface area contributed by atoms with Crippen LogP contribution in [0.25, 0.3) is 0 Å². The maximum absolute atomic E-state index is 3.52. The lowest BCUT2D eigenvalue weighted by atomic mass is 9.97. The van der Waals surface area contributed by atoms with Crippen molar-refractivity contribution in [2.75, 3.05) is 18.4 Å². The molecule has 1 heterocycles. The molecule has 0 spiro atoms. The molecule has 1 aliphatic rings. The average molecular weight is 246 g/mol. The molecule has 0 aromatic heterocycles. The van der Waals surface area contributed by atoms with Gasteiger partial charge < -0.3 is 5.32 Å². The van der Waals surface area contributed by atoms with Crippen molar-refractivity contribution in [3.63, 3.8) is 0 Å². The van der Waals surface area contributed by atoms with E-state index in [0.29, 0.717) is 6.04 Å². The Hall–Kier alpha value is -1.02. The first-order valence-electron chi connectivity index (χ1n) is 7.35. The third-order valence-electron chi connectivity index (χ3n) is 4.19. The Morgan fingerprint density at radius 2 is 2.17 bits per heavy atom. The second-order valence-corrected chi connectivity index (χ2v) is 5.29. The van der Waals surface area contributed by atoms with Crippen LogP contribution in [0.5, 0.6) is 0 Å². The van der Waals surface area contributed by atoms with Crippen LogP contribution in [0, 0.1) is 0 Å². The van der Waals surface area contributed by atoms with Gasteiger partial charge >= 0.3 is 0 Å². The van der Waals surface area contributed by atoms with Crippen LogP contribution in [0.15, 0.2) is 18.2 Å². The van der Waals surface area contributed by atoms with Crippen LogP contribution in [-0.2, 0) is 13.0 Å². The first kappa shape index (κ1) is 13.4. The minimum absolute atomic E-state index is 0.669. The van der Waals surface area contributed by atoms with Gasteiger partial charge in [0, 0.05) is 24.8 Å². The summed E-state index contributed by atoms with van der Waals surface area (Å²) < 4.78 is 0. The fraction of sp³-hybridized carbons (Fsp3) is 0.625. The van der Waals surface area contributed by atoms with Crippen LogP contribution in [0.2, 0.25) is 0 Å². The van der Waals surface area contributed by atoms with Crippen molar-refractivity contribution in [3.05, 3.63) is 29.3 Å². The first-order valence-corrected chi connectivity index (χ1v) is 7.35. The molecule has 0 fully saturated rings. The van der Waals surface area contributed by atoms with Crippen LogP contribution < -0.4 is 5.32 Å². The molecule has 0 saturated heterocycles. The Labute approximate surface area is 111 Å². The number of hydrogen-bond donors (Lipinski definition) is 1. The van der Waals surface area contributed by atoms with Crippen LogP contribution in [0.1, 0.15) is 44.7 Å². The fourth-order valence-corrected chi connectivity index (χ4v) is 2.79. The molecule has 100 valence electrons. The molecule has 0 bridgehead atoms. The number of benzene rings is 1. The summed E-state index contributed by atoms with van der Waals surface area (Å²) in [6.07, 6.45) is 3.72. The molecule has 0 saturated carbocycles. The molecule has 2 rings (SSSR count). The zero-order valence-corrected chi connectivity index (χ0v) is 12.0. The van der Waals surface area contributed by atoms with E-state index in [9.17, 15) is 0 Å². The summed E-state index contributed by atoms with van der Waals surface area (Å²) >= 11 is 0. The average Bonchev–Trinajstić information content (AvgIpc) is 2.44. The normalized spacial score (nSPS) is 16.2. The van der Waals surface area contributed by atoms with Gasteiger partial charge in [0.1, 0.15) is 0 Å². The van der Waals surface area contributed by atoms with Gasteiger partial charge in [0.05, 0.1) is 0 Å². The third-order valence-corrected chi connectivity index (χ3v) is 4.19. The van der Waals surface area contributed by atoms with E-state index in [4.69, 9.17) is 0 Å². The number of nitrogens with one attached hydrogen (secondary N) is 1.